The van der Waals surface area contributed by atoms with Gasteiger partial charge in [-0.25, -0.2) is 4.98 Å². The number of benzene rings is 1. The van der Waals surface area contributed by atoms with Crippen LogP contribution in [-0.2, 0) is 4.79 Å². The van der Waals surface area contributed by atoms with Crippen molar-refractivity contribution in [2.24, 2.45) is 5.92 Å². The molecule has 0 unspecified atom stereocenters. The predicted molar refractivity (Wildman–Crippen MR) is 89.7 cm³/mol. The predicted octanol–water partition coefficient (Wildman–Crippen LogP) is 4.02. The van der Waals surface area contributed by atoms with Crippen molar-refractivity contribution in [2.75, 3.05) is 6.54 Å². The topological polar surface area (TPSA) is 46.3 Å². The Kier molecular flexibility index (Phi) is 3.90. The standard InChI is InChI=1S/C19H22N2O2/c22-19(21-13-5-7-14-6-1-3-9-16(14)21)12-11-18-20-15-8-2-4-10-17(15)23-18/h2,4,8,10-12,14,16H,1,3,5-7,9,13H2/b12-11+/t14-,16-/m1/s1. The summed E-state index contributed by atoms with van der Waals surface area (Å²) in [5, 5.41) is 0. The van der Waals surface area contributed by atoms with E-state index in [1.54, 1.807) is 12.2 Å². The SMILES string of the molecule is O=C(/C=C/c1nc2ccccc2o1)N1CCC[C@H]2CCCC[C@H]21. The molecule has 1 saturated heterocycles. The van der Waals surface area contributed by atoms with Gasteiger partial charge in [-0.1, -0.05) is 25.0 Å². The lowest BCUT2D eigenvalue weighted by atomic mass is 9.78. The number of piperidine rings is 1. The molecule has 1 saturated carbocycles. The van der Waals surface area contributed by atoms with Gasteiger partial charge in [0.2, 0.25) is 11.8 Å². The van der Waals surface area contributed by atoms with E-state index in [-0.39, 0.29) is 5.91 Å². The Hall–Kier alpha value is -2.10. The molecule has 2 aromatic rings. The van der Waals surface area contributed by atoms with Gasteiger partial charge in [0, 0.05) is 24.7 Å². The van der Waals surface area contributed by atoms with Gasteiger partial charge in [0.15, 0.2) is 5.58 Å². The molecule has 4 heteroatoms. The summed E-state index contributed by atoms with van der Waals surface area (Å²) < 4.78 is 5.64. The van der Waals surface area contributed by atoms with Crippen molar-refractivity contribution in [3.63, 3.8) is 0 Å². The number of oxazole rings is 1. The molecule has 1 aromatic heterocycles. The minimum absolute atomic E-state index is 0.101. The average Bonchev–Trinajstić information content (AvgIpc) is 3.02. The van der Waals surface area contributed by atoms with E-state index in [1.165, 1.54) is 25.7 Å². The highest BCUT2D eigenvalue weighted by atomic mass is 16.3. The normalized spacial score (nSPS) is 25.0. The van der Waals surface area contributed by atoms with E-state index in [0.29, 0.717) is 17.9 Å². The van der Waals surface area contributed by atoms with Crippen molar-refractivity contribution in [3.05, 3.63) is 36.2 Å². The van der Waals surface area contributed by atoms with Crippen molar-refractivity contribution < 1.29 is 9.21 Å². The number of para-hydroxylation sites is 2. The number of hydrogen-bond acceptors (Lipinski definition) is 3. The fraction of sp³-hybridized carbons (Fsp3) is 0.474. The Balaban J connectivity index is 1.49. The van der Waals surface area contributed by atoms with E-state index in [2.05, 4.69) is 9.88 Å². The van der Waals surface area contributed by atoms with E-state index < -0.39 is 0 Å². The Morgan fingerprint density at radius 3 is 2.91 bits per heavy atom. The molecule has 2 fully saturated rings. The molecule has 23 heavy (non-hydrogen) atoms. The molecule has 2 atom stereocenters. The summed E-state index contributed by atoms with van der Waals surface area (Å²) in [6.07, 6.45) is 10.8. The second kappa shape index (κ2) is 6.19. The first-order chi connectivity index (χ1) is 11.3. The van der Waals surface area contributed by atoms with E-state index in [1.807, 2.05) is 24.3 Å². The van der Waals surface area contributed by atoms with Gasteiger partial charge in [0.1, 0.15) is 5.52 Å². The molecular weight excluding hydrogens is 288 g/mol. The number of hydrogen-bond donors (Lipinski definition) is 0. The molecule has 1 aliphatic carbocycles. The van der Waals surface area contributed by atoms with Crippen molar-refractivity contribution in [3.8, 4) is 0 Å². The van der Waals surface area contributed by atoms with Crippen LogP contribution in [0.25, 0.3) is 17.2 Å². The molecule has 0 radical (unpaired) electrons. The van der Waals surface area contributed by atoms with E-state index in [4.69, 9.17) is 4.42 Å². The Bertz CT molecular complexity index is 699. The Labute approximate surface area is 136 Å². The van der Waals surface area contributed by atoms with Crippen LogP contribution >= 0.6 is 0 Å². The van der Waals surface area contributed by atoms with Crippen LogP contribution in [0.5, 0.6) is 0 Å². The van der Waals surface area contributed by atoms with Gasteiger partial charge in [0.05, 0.1) is 0 Å². The first-order valence-electron chi connectivity index (χ1n) is 8.65. The molecule has 0 bridgehead atoms. The summed E-state index contributed by atoms with van der Waals surface area (Å²) in [4.78, 5) is 19.1. The molecule has 120 valence electrons. The van der Waals surface area contributed by atoms with Gasteiger partial charge in [-0.05, 0) is 43.7 Å². The minimum Gasteiger partial charge on any atom is -0.437 e. The van der Waals surface area contributed by atoms with Crippen LogP contribution in [0.1, 0.15) is 44.4 Å². The molecule has 1 aromatic carbocycles. The number of carbonyl (C=O) groups is 1. The van der Waals surface area contributed by atoms with Crippen LogP contribution in [0, 0.1) is 5.92 Å². The highest BCUT2D eigenvalue weighted by Crippen LogP contribution is 2.35. The fourth-order valence-electron chi connectivity index (χ4n) is 4.10. The van der Waals surface area contributed by atoms with Gasteiger partial charge < -0.3 is 9.32 Å². The highest BCUT2D eigenvalue weighted by molar-refractivity contribution is 5.92. The first kappa shape index (κ1) is 14.5. The second-order valence-electron chi connectivity index (χ2n) is 6.64. The Morgan fingerprint density at radius 1 is 1.17 bits per heavy atom. The second-order valence-corrected chi connectivity index (χ2v) is 6.64. The maximum atomic E-state index is 12.6. The highest BCUT2D eigenvalue weighted by Gasteiger charge is 2.34. The summed E-state index contributed by atoms with van der Waals surface area (Å²) in [6.45, 7) is 0.887. The lowest BCUT2D eigenvalue weighted by molar-refractivity contribution is -0.132. The molecule has 1 amide bonds. The zero-order valence-corrected chi connectivity index (χ0v) is 13.3. The number of carbonyl (C=O) groups excluding carboxylic acids is 1. The van der Waals surface area contributed by atoms with E-state index in [0.717, 1.165) is 30.5 Å². The van der Waals surface area contributed by atoms with Gasteiger partial charge in [-0.15, -0.1) is 0 Å². The summed E-state index contributed by atoms with van der Waals surface area (Å²) in [5.74, 6) is 1.31. The number of amides is 1. The number of aromatic nitrogens is 1. The number of nitrogens with zero attached hydrogens (tertiary/aromatic N) is 2. The monoisotopic (exact) mass is 310 g/mol. The minimum atomic E-state index is 0.101. The zero-order chi connectivity index (χ0) is 15.6. The third kappa shape index (κ3) is 2.90. The molecule has 2 aliphatic rings. The first-order valence-corrected chi connectivity index (χ1v) is 8.65. The molecular formula is C19H22N2O2. The lowest BCUT2D eigenvalue weighted by Gasteiger charge is -2.43. The third-order valence-electron chi connectivity index (χ3n) is 5.21. The quantitative estimate of drug-likeness (QED) is 0.787. The van der Waals surface area contributed by atoms with E-state index >= 15 is 0 Å². The lowest BCUT2D eigenvalue weighted by Crippen LogP contribution is -2.49. The van der Waals surface area contributed by atoms with Crippen LogP contribution in [0.2, 0.25) is 0 Å². The summed E-state index contributed by atoms with van der Waals surface area (Å²) in [5.41, 5.74) is 1.58. The van der Waals surface area contributed by atoms with Crippen molar-refractivity contribution >= 4 is 23.1 Å². The molecule has 1 aliphatic heterocycles. The number of fused-ring (bicyclic) bond motifs is 2. The molecule has 0 spiro atoms. The van der Waals surface area contributed by atoms with Crippen molar-refractivity contribution in [1.29, 1.82) is 0 Å². The third-order valence-corrected chi connectivity index (χ3v) is 5.21. The van der Waals surface area contributed by atoms with Crippen molar-refractivity contribution in [1.82, 2.24) is 9.88 Å². The van der Waals surface area contributed by atoms with Crippen LogP contribution in [0.3, 0.4) is 0 Å². The molecule has 4 nitrogen and oxygen atoms in total. The largest absolute Gasteiger partial charge is 0.437 e. The summed E-state index contributed by atoms with van der Waals surface area (Å²) >= 11 is 0. The Morgan fingerprint density at radius 2 is 2.00 bits per heavy atom. The summed E-state index contributed by atoms with van der Waals surface area (Å²) in [7, 11) is 0. The average molecular weight is 310 g/mol. The number of rotatable bonds is 2. The van der Waals surface area contributed by atoms with Crippen LogP contribution < -0.4 is 0 Å². The molecule has 2 heterocycles. The van der Waals surface area contributed by atoms with E-state index in [9.17, 15) is 4.79 Å². The fourth-order valence-corrected chi connectivity index (χ4v) is 4.10. The van der Waals surface area contributed by atoms with Gasteiger partial charge in [-0.2, -0.15) is 0 Å². The smallest absolute Gasteiger partial charge is 0.247 e. The van der Waals surface area contributed by atoms with Crippen LogP contribution in [0.15, 0.2) is 34.8 Å². The summed E-state index contributed by atoms with van der Waals surface area (Å²) in [6, 6.07) is 8.09. The maximum absolute atomic E-state index is 12.6. The van der Waals surface area contributed by atoms with Crippen LogP contribution in [-0.4, -0.2) is 28.4 Å². The van der Waals surface area contributed by atoms with Gasteiger partial charge in [-0.3, -0.25) is 4.79 Å². The van der Waals surface area contributed by atoms with Crippen molar-refractivity contribution in [2.45, 2.75) is 44.6 Å². The zero-order valence-electron chi connectivity index (χ0n) is 13.3. The van der Waals surface area contributed by atoms with Gasteiger partial charge >= 0.3 is 0 Å². The van der Waals surface area contributed by atoms with Crippen LogP contribution in [0.4, 0.5) is 0 Å². The maximum Gasteiger partial charge on any atom is 0.247 e. The molecule has 0 N–H and O–H groups in total. The van der Waals surface area contributed by atoms with Gasteiger partial charge in [0.25, 0.3) is 0 Å². The number of likely N-dealkylation sites (tertiary alicyclic amines) is 1. The molecule has 4 rings (SSSR count).